The molecule has 1 aliphatic rings. The van der Waals surface area contributed by atoms with E-state index >= 15 is 0 Å². The zero-order valence-corrected chi connectivity index (χ0v) is 18.9. The van der Waals surface area contributed by atoms with Crippen molar-refractivity contribution in [2.24, 2.45) is 0 Å². The molecule has 1 aromatic heterocycles. The largest absolute Gasteiger partial charge is 0.368 e. The number of hydrogen-bond donors (Lipinski definition) is 0. The number of ketones is 1. The van der Waals surface area contributed by atoms with Crippen molar-refractivity contribution in [3.63, 3.8) is 0 Å². The Hall–Kier alpha value is -4.06. The predicted octanol–water partition coefficient (Wildman–Crippen LogP) is 5.21. The summed E-state index contributed by atoms with van der Waals surface area (Å²) in [6.45, 7) is 4.16. The van der Waals surface area contributed by atoms with Gasteiger partial charge in [0.15, 0.2) is 5.78 Å². The molecule has 0 bridgehead atoms. The second-order valence-corrected chi connectivity index (χ2v) is 8.46. The van der Waals surface area contributed by atoms with Gasteiger partial charge in [-0.25, -0.2) is 9.37 Å². The summed E-state index contributed by atoms with van der Waals surface area (Å²) in [4.78, 5) is 33.9. The van der Waals surface area contributed by atoms with Gasteiger partial charge in [0.2, 0.25) is 0 Å². The first kappa shape index (κ1) is 21.8. The van der Waals surface area contributed by atoms with Crippen molar-refractivity contribution < 1.29 is 14.0 Å². The highest BCUT2D eigenvalue weighted by molar-refractivity contribution is 6.07. The second-order valence-electron chi connectivity index (χ2n) is 8.46. The van der Waals surface area contributed by atoms with Crippen LogP contribution in [-0.2, 0) is 0 Å². The summed E-state index contributed by atoms with van der Waals surface area (Å²) in [5.41, 5.74) is 4.48. The van der Waals surface area contributed by atoms with E-state index in [9.17, 15) is 14.0 Å². The Kier molecular flexibility index (Phi) is 5.80. The number of benzene rings is 3. The predicted molar refractivity (Wildman–Crippen MR) is 132 cm³/mol. The molecule has 0 aliphatic carbocycles. The average molecular weight is 454 g/mol. The summed E-state index contributed by atoms with van der Waals surface area (Å²) < 4.78 is 13.4. The fraction of sp³-hybridized carbons (Fsp3) is 0.179. The lowest BCUT2D eigenvalue weighted by Crippen LogP contribution is -2.48. The molecular formula is C28H24FN3O2. The standard InChI is InChI=1S/C28H24FN3O2/c1-19(33)20-8-12-23(13-9-20)31-14-16-32(17-15-31)28(34)25-18-27(21-6-10-22(29)11-7-21)30-26-5-3-2-4-24(25)26/h2-13,18H,14-17H2,1H3. The summed E-state index contributed by atoms with van der Waals surface area (Å²) in [5.74, 6) is -0.297. The van der Waals surface area contributed by atoms with Gasteiger partial charge in [0.05, 0.1) is 16.8 Å². The Bertz CT molecular complexity index is 1360. The Morgan fingerprint density at radius 2 is 1.53 bits per heavy atom. The Balaban J connectivity index is 1.39. The molecule has 0 spiro atoms. The van der Waals surface area contributed by atoms with E-state index in [-0.39, 0.29) is 17.5 Å². The fourth-order valence-electron chi connectivity index (χ4n) is 4.37. The van der Waals surface area contributed by atoms with Gasteiger partial charge in [-0.15, -0.1) is 0 Å². The number of nitrogens with zero attached hydrogens (tertiary/aromatic N) is 3. The summed E-state index contributed by atoms with van der Waals surface area (Å²) >= 11 is 0. The Labute approximate surface area is 197 Å². The van der Waals surface area contributed by atoms with Gasteiger partial charge in [-0.3, -0.25) is 9.59 Å². The molecule has 3 aromatic carbocycles. The van der Waals surface area contributed by atoms with Crippen molar-refractivity contribution in [3.8, 4) is 11.3 Å². The third kappa shape index (κ3) is 4.27. The zero-order chi connectivity index (χ0) is 23.7. The van der Waals surface area contributed by atoms with Gasteiger partial charge in [-0.05, 0) is 67.6 Å². The molecule has 0 unspecified atom stereocenters. The maximum absolute atomic E-state index is 13.6. The molecule has 1 aliphatic heterocycles. The normalized spacial score (nSPS) is 13.8. The SMILES string of the molecule is CC(=O)c1ccc(N2CCN(C(=O)c3cc(-c4ccc(F)cc4)nc4ccccc34)CC2)cc1. The number of para-hydroxylation sites is 1. The number of aromatic nitrogens is 1. The Morgan fingerprint density at radius 1 is 0.853 bits per heavy atom. The quantitative estimate of drug-likeness (QED) is 0.398. The van der Waals surface area contributed by atoms with Crippen LogP contribution in [0.15, 0.2) is 78.9 Å². The Morgan fingerprint density at radius 3 is 2.21 bits per heavy atom. The first-order chi connectivity index (χ1) is 16.5. The molecule has 0 atom stereocenters. The molecular weight excluding hydrogens is 429 g/mol. The molecule has 1 amide bonds. The molecule has 5 rings (SSSR count). The summed E-state index contributed by atoms with van der Waals surface area (Å²) in [7, 11) is 0. The lowest BCUT2D eigenvalue weighted by atomic mass is 10.0. The van der Waals surface area contributed by atoms with Gasteiger partial charge in [-0.2, -0.15) is 0 Å². The third-order valence-electron chi connectivity index (χ3n) is 6.29. The number of carbonyl (C=O) groups excluding carboxylic acids is 2. The average Bonchev–Trinajstić information content (AvgIpc) is 2.88. The number of halogens is 1. The molecule has 34 heavy (non-hydrogen) atoms. The molecule has 0 saturated carbocycles. The minimum Gasteiger partial charge on any atom is -0.368 e. The van der Waals surface area contributed by atoms with Crippen molar-refractivity contribution in [1.29, 1.82) is 0 Å². The van der Waals surface area contributed by atoms with Crippen LogP contribution in [0.4, 0.5) is 10.1 Å². The number of fused-ring (bicyclic) bond motifs is 1. The third-order valence-corrected chi connectivity index (χ3v) is 6.29. The van der Waals surface area contributed by atoms with Crippen LogP contribution in [0.2, 0.25) is 0 Å². The van der Waals surface area contributed by atoms with Crippen molar-refractivity contribution in [2.45, 2.75) is 6.92 Å². The molecule has 1 saturated heterocycles. The van der Waals surface area contributed by atoms with Crippen LogP contribution in [0.25, 0.3) is 22.2 Å². The molecule has 170 valence electrons. The van der Waals surface area contributed by atoms with E-state index in [4.69, 9.17) is 4.98 Å². The van der Waals surface area contributed by atoms with Gasteiger partial charge >= 0.3 is 0 Å². The maximum Gasteiger partial charge on any atom is 0.254 e. The minimum absolute atomic E-state index is 0.0338. The summed E-state index contributed by atoms with van der Waals surface area (Å²) in [6, 6.07) is 23.2. The van der Waals surface area contributed by atoms with Gasteiger partial charge in [0, 0.05) is 48.4 Å². The van der Waals surface area contributed by atoms with Crippen molar-refractivity contribution >= 4 is 28.3 Å². The van der Waals surface area contributed by atoms with Crippen LogP contribution in [0, 0.1) is 5.82 Å². The van der Waals surface area contributed by atoms with Crippen LogP contribution in [0.3, 0.4) is 0 Å². The molecule has 2 heterocycles. The number of piperazine rings is 1. The van der Waals surface area contributed by atoms with Crippen LogP contribution >= 0.6 is 0 Å². The molecule has 4 aromatic rings. The van der Waals surface area contributed by atoms with Crippen LogP contribution < -0.4 is 4.90 Å². The number of carbonyl (C=O) groups is 2. The van der Waals surface area contributed by atoms with Crippen LogP contribution in [0.5, 0.6) is 0 Å². The lowest BCUT2D eigenvalue weighted by molar-refractivity contribution is 0.0748. The highest BCUT2D eigenvalue weighted by Crippen LogP contribution is 2.27. The van der Waals surface area contributed by atoms with Gasteiger partial charge < -0.3 is 9.80 Å². The number of pyridine rings is 1. The topological polar surface area (TPSA) is 53.5 Å². The van der Waals surface area contributed by atoms with Gasteiger partial charge in [0.25, 0.3) is 5.91 Å². The first-order valence-electron chi connectivity index (χ1n) is 11.3. The smallest absolute Gasteiger partial charge is 0.254 e. The number of anilines is 1. The van der Waals surface area contributed by atoms with Crippen molar-refractivity contribution in [1.82, 2.24) is 9.88 Å². The maximum atomic E-state index is 13.6. The second kappa shape index (κ2) is 9.06. The van der Waals surface area contributed by atoms with E-state index in [1.54, 1.807) is 19.1 Å². The van der Waals surface area contributed by atoms with Gasteiger partial charge in [0.1, 0.15) is 5.82 Å². The van der Waals surface area contributed by atoms with E-state index in [1.807, 2.05) is 59.5 Å². The van der Waals surface area contributed by atoms with E-state index in [1.165, 1.54) is 12.1 Å². The molecule has 1 fully saturated rings. The van der Waals surface area contributed by atoms with E-state index in [2.05, 4.69) is 4.90 Å². The van der Waals surface area contributed by atoms with Gasteiger partial charge in [-0.1, -0.05) is 18.2 Å². The highest BCUT2D eigenvalue weighted by Gasteiger charge is 2.24. The summed E-state index contributed by atoms with van der Waals surface area (Å²) in [6.07, 6.45) is 0. The van der Waals surface area contributed by atoms with Crippen LogP contribution in [0.1, 0.15) is 27.6 Å². The van der Waals surface area contributed by atoms with E-state index < -0.39 is 0 Å². The lowest BCUT2D eigenvalue weighted by Gasteiger charge is -2.36. The number of rotatable bonds is 4. The molecule has 0 radical (unpaired) electrons. The van der Waals surface area contributed by atoms with E-state index in [0.29, 0.717) is 43.0 Å². The molecule has 5 nitrogen and oxygen atoms in total. The van der Waals surface area contributed by atoms with Crippen molar-refractivity contribution in [3.05, 3.63) is 95.8 Å². The highest BCUT2D eigenvalue weighted by atomic mass is 19.1. The summed E-state index contributed by atoms with van der Waals surface area (Å²) in [5, 5.41) is 0.806. The minimum atomic E-state index is -0.311. The zero-order valence-electron chi connectivity index (χ0n) is 18.9. The molecule has 0 N–H and O–H groups in total. The monoisotopic (exact) mass is 453 g/mol. The number of Topliss-reactive ketones (excluding diaryl/α,β-unsaturated/α-hetero) is 1. The number of hydrogen-bond acceptors (Lipinski definition) is 4. The fourth-order valence-corrected chi connectivity index (χ4v) is 4.37. The first-order valence-corrected chi connectivity index (χ1v) is 11.3. The van der Waals surface area contributed by atoms with E-state index in [0.717, 1.165) is 22.2 Å². The number of amides is 1. The molecule has 6 heteroatoms. The van der Waals surface area contributed by atoms with Crippen LogP contribution in [-0.4, -0.2) is 47.8 Å². The van der Waals surface area contributed by atoms with Crippen molar-refractivity contribution in [2.75, 3.05) is 31.1 Å².